The van der Waals surface area contributed by atoms with Crippen molar-refractivity contribution in [3.8, 4) is 5.75 Å². The third-order valence-corrected chi connectivity index (χ3v) is 6.41. The first-order valence-corrected chi connectivity index (χ1v) is 13.5. The van der Waals surface area contributed by atoms with Gasteiger partial charge in [0.05, 0.1) is 18.6 Å². The molecule has 192 valence electrons. The predicted octanol–water partition coefficient (Wildman–Crippen LogP) is 3.23. The maximum atomic E-state index is 13.5. The number of carbonyl (C=O) groups excluding carboxylic acids is 2. The molecule has 0 unspecified atom stereocenters. The number of benzene rings is 2. The second-order valence-corrected chi connectivity index (χ2v) is 11.3. The van der Waals surface area contributed by atoms with Gasteiger partial charge in [-0.1, -0.05) is 30.3 Å². The van der Waals surface area contributed by atoms with Crippen molar-refractivity contribution in [3.63, 3.8) is 0 Å². The van der Waals surface area contributed by atoms with Crippen LogP contribution in [0.5, 0.6) is 5.75 Å². The van der Waals surface area contributed by atoms with Crippen molar-refractivity contribution in [1.29, 1.82) is 0 Å². The number of nitrogens with zero attached hydrogens (tertiary/aromatic N) is 2. The normalized spacial score (nSPS) is 12.5. The van der Waals surface area contributed by atoms with E-state index < -0.39 is 34.1 Å². The first-order valence-electron chi connectivity index (χ1n) is 11.7. The lowest BCUT2D eigenvalue weighted by molar-refractivity contribution is -0.139. The lowest BCUT2D eigenvalue weighted by Crippen LogP contribution is -2.55. The number of rotatable bonds is 11. The molecule has 0 aliphatic rings. The molecule has 0 saturated carbocycles. The number of nitrogens with one attached hydrogen (secondary N) is 1. The largest absolute Gasteiger partial charge is 0.494 e. The fraction of sp³-hybridized carbons (Fsp3) is 0.462. The minimum absolute atomic E-state index is 0.266. The summed E-state index contributed by atoms with van der Waals surface area (Å²) in [7, 11) is -3.77. The Morgan fingerprint density at radius 1 is 1.03 bits per heavy atom. The molecule has 0 saturated heterocycles. The number of hydrogen-bond acceptors (Lipinski definition) is 5. The number of hydrogen-bond donors (Lipinski definition) is 1. The van der Waals surface area contributed by atoms with Gasteiger partial charge < -0.3 is 15.0 Å². The average molecular weight is 504 g/mol. The number of anilines is 1. The lowest BCUT2D eigenvalue weighted by Gasteiger charge is -2.33. The molecule has 2 aromatic carbocycles. The summed E-state index contributed by atoms with van der Waals surface area (Å²) in [6.45, 7) is 9.44. The van der Waals surface area contributed by atoms with Crippen LogP contribution in [-0.4, -0.2) is 62.7 Å². The highest BCUT2D eigenvalue weighted by molar-refractivity contribution is 7.92. The quantitative estimate of drug-likeness (QED) is 0.508. The highest BCUT2D eigenvalue weighted by atomic mass is 32.2. The third kappa shape index (κ3) is 8.90. The van der Waals surface area contributed by atoms with E-state index in [-0.39, 0.29) is 12.5 Å². The predicted molar refractivity (Wildman–Crippen MR) is 139 cm³/mol. The van der Waals surface area contributed by atoms with Crippen LogP contribution < -0.4 is 14.4 Å². The topological polar surface area (TPSA) is 96.0 Å². The molecule has 0 bridgehead atoms. The molecular weight excluding hydrogens is 466 g/mol. The summed E-state index contributed by atoms with van der Waals surface area (Å²) < 4.78 is 31.7. The van der Waals surface area contributed by atoms with Gasteiger partial charge in [0.2, 0.25) is 21.8 Å². The molecule has 2 amide bonds. The van der Waals surface area contributed by atoms with Crippen molar-refractivity contribution >= 4 is 27.5 Å². The fourth-order valence-corrected chi connectivity index (χ4v) is 4.38. The van der Waals surface area contributed by atoms with Crippen molar-refractivity contribution < 1.29 is 22.7 Å². The van der Waals surface area contributed by atoms with Gasteiger partial charge in [0, 0.05) is 12.1 Å². The molecule has 0 aromatic heterocycles. The highest BCUT2D eigenvalue weighted by Crippen LogP contribution is 2.22. The van der Waals surface area contributed by atoms with Crippen LogP contribution in [-0.2, 0) is 26.0 Å². The summed E-state index contributed by atoms with van der Waals surface area (Å²) in [4.78, 5) is 27.9. The Hall–Kier alpha value is -3.07. The second kappa shape index (κ2) is 12.1. The molecule has 35 heavy (non-hydrogen) atoms. The average Bonchev–Trinajstić information content (AvgIpc) is 2.77. The van der Waals surface area contributed by atoms with Crippen molar-refractivity contribution in [2.24, 2.45) is 0 Å². The van der Waals surface area contributed by atoms with Crippen molar-refractivity contribution in [2.45, 2.75) is 52.6 Å². The van der Waals surface area contributed by atoms with Crippen molar-refractivity contribution in [1.82, 2.24) is 10.2 Å². The summed E-state index contributed by atoms with van der Waals surface area (Å²) in [6, 6.07) is 15.4. The van der Waals surface area contributed by atoms with Gasteiger partial charge in [-0.05, 0) is 70.9 Å². The Labute approximate surface area is 209 Å². The monoisotopic (exact) mass is 503 g/mol. The number of ether oxygens (including phenoxy) is 1. The van der Waals surface area contributed by atoms with E-state index in [0.717, 1.165) is 16.1 Å². The molecule has 0 spiro atoms. The third-order valence-electron chi connectivity index (χ3n) is 5.26. The van der Waals surface area contributed by atoms with E-state index in [1.54, 1.807) is 31.2 Å². The van der Waals surface area contributed by atoms with Gasteiger partial charge in [0.25, 0.3) is 0 Å². The van der Waals surface area contributed by atoms with E-state index in [4.69, 9.17) is 4.74 Å². The van der Waals surface area contributed by atoms with E-state index >= 15 is 0 Å². The molecule has 2 rings (SSSR count). The van der Waals surface area contributed by atoms with E-state index in [0.29, 0.717) is 24.5 Å². The molecule has 0 aliphatic carbocycles. The van der Waals surface area contributed by atoms with Gasteiger partial charge >= 0.3 is 0 Å². The standard InChI is InChI=1S/C26H37N3O5S/c1-7-34-23-15-13-22(14-16-23)29(35(6,32)33)19-24(30)28(18-17-21-11-9-8-10-12-21)20(2)25(31)27-26(3,4)5/h8-16,20H,7,17-19H2,1-6H3,(H,27,31)/t20-/m0/s1. The van der Waals surface area contributed by atoms with E-state index in [9.17, 15) is 18.0 Å². The molecule has 0 heterocycles. The van der Waals surface area contributed by atoms with Crippen LogP contribution in [0.1, 0.15) is 40.2 Å². The Bertz CT molecular complexity index is 1080. The Morgan fingerprint density at radius 3 is 2.14 bits per heavy atom. The van der Waals surface area contributed by atoms with Crippen LogP contribution in [0.4, 0.5) is 5.69 Å². The molecule has 0 fully saturated rings. The van der Waals surface area contributed by atoms with Gasteiger partial charge in [-0.25, -0.2) is 8.42 Å². The lowest BCUT2D eigenvalue weighted by atomic mass is 10.1. The number of carbonyl (C=O) groups is 2. The highest BCUT2D eigenvalue weighted by Gasteiger charge is 2.31. The smallest absolute Gasteiger partial charge is 0.244 e. The summed E-state index contributed by atoms with van der Waals surface area (Å²) in [6.07, 6.45) is 1.59. The summed E-state index contributed by atoms with van der Waals surface area (Å²) >= 11 is 0. The summed E-state index contributed by atoms with van der Waals surface area (Å²) in [5.74, 6) is -0.157. The summed E-state index contributed by atoms with van der Waals surface area (Å²) in [5.41, 5.74) is 0.889. The zero-order valence-electron chi connectivity index (χ0n) is 21.4. The Kier molecular flexibility index (Phi) is 9.71. The maximum Gasteiger partial charge on any atom is 0.244 e. The Morgan fingerprint density at radius 2 is 1.63 bits per heavy atom. The first kappa shape index (κ1) is 28.2. The van der Waals surface area contributed by atoms with Crippen LogP contribution in [0.15, 0.2) is 54.6 Å². The molecule has 9 heteroatoms. The van der Waals surface area contributed by atoms with Gasteiger partial charge in [-0.2, -0.15) is 0 Å². The number of sulfonamides is 1. The zero-order valence-corrected chi connectivity index (χ0v) is 22.3. The first-order chi connectivity index (χ1) is 16.3. The molecule has 1 atom stereocenters. The van der Waals surface area contributed by atoms with Gasteiger partial charge in [-0.15, -0.1) is 0 Å². The minimum atomic E-state index is -3.77. The molecule has 0 aliphatic heterocycles. The van der Waals surface area contributed by atoms with Gasteiger partial charge in [0.1, 0.15) is 18.3 Å². The van der Waals surface area contributed by atoms with Crippen LogP contribution in [0, 0.1) is 0 Å². The van der Waals surface area contributed by atoms with Gasteiger partial charge in [0.15, 0.2) is 0 Å². The second-order valence-electron chi connectivity index (χ2n) is 9.43. The van der Waals surface area contributed by atoms with Crippen LogP contribution >= 0.6 is 0 Å². The fourth-order valence-electron chi connectivity index (χ4n) is 3.53. The van der Waals surface area contributed by atoms with Crippen molar-refractivity contribution in [3.05, 3.63) is 60.2 Å². The number of amides is 2. The molecule has 1 N–H and O–H groups in total. The zero-order chi connectivity index (χ0) is 26.2. The van der Waals surface area contributed by atoms with E-state index in [2.05, 4.69) is 5.32 Å². The van der Waals surface area contributed by atoms with E-state index in [1.807, 2.05) is 58.0 Å². The summed E-state index contributed by atoms with van der Waals surface area (Å²) in [5, 5.41) is 2.91. The van der Waals surface area contributed by atoms with Crippen LogP contribution in [0.25, 0.3) is 0 Å². The maximum absolute atomic E-state index is 13.5. The molecule has 2 aromatic rings. The minimum Gasteiger partial charge on any atom is -0.494 e. The van der Waals surface area contributed by atoms with Crippen molar-refractivity contribution in [2.75, 3.05) is 30.3 Å². The molecule has 8 nitrogen and oxygen atoms in total. The SMILES string of the molecule is CCOc1ccc(N(CC(=O)N(CCc2ccccc2)[C@@H](C)C(=O)NC(C)(C)C)S(C)(=O)=O)cc1. The van der Waals surface area contributed by atoms with Crippen LogP contribution in [0.2, 0.25) is 0 Å². The molecular formula is C26H37N3O5S. The molecule has 0 radical (unpaired) electrons. The van der Waals surface area contributed by atoms with Crippen LogP contribution in [0.3, 0.4) is 0 Å². The van der Waals surface area contributed by atoms with Gasteiger partial charge in [-0.3, -0.25) is 13.9 Å². The van der Waals surface area contributed by atoms with E-state index in [1.165, 1.54) is 4.90 Å². The Balaban J connectivity index is 2.31.